The molecule has 28 heavy (non-hydrogen) atoms. The van der Waals surface area contributed by atoms with Gasteiger partial charge in [-0.3, -0.25) is 19.7 Å². The van der Waals surface area contributed by atoms with Crippen molar-refractivity contribution in [3.05, 3.63) is 68.8 Å². The van der Waals surface area contributed by atoms with Gasteiger partial charge in [-0.05, 0) is 62.1 Å². The van der Waals surface area contributed by atoms with Crippen molar-refractivity contribution in [1.82, 2.24) is 0 Å². The van der Waals surface area contributed by atoms with E-state index in [4.69, 9.17) is 5.73 Å². The number of Topliss-reactive ketones (excluding diaryl/α,β-unsaturated/α-hetero) is 2. The van der Waals surface area contributed by atoms with Crippen LogP contribution in [-0.4, -0.2) is 16.5 Å². The van der Waals surface area contributed by atoms with E-state index in [9.17, 15) is 19.7 Å². The van der Waals surface area contributed by atoms with Gasteiger partial charge in [0.1, 0.15) is 11.6 Å². The maximum atomic E-state index is 11.7. The highest BCUT2D eigenvalue weighted by Gasteiger charge is 2.39. The minimum Gasteiger partial charge on any atom is -0.399 e. The molecule has 0 aromatic heterocycles. The molecule has 0 heterocycles. The average Bonchev–Trinajstić information content (AvgIpc) is 2.97. The summed E-state index contributed by atoms with van der Waals surface area (Å²) in [5.74, 6) is 0.408. The average molecular weight is 380 g/mol. The van der Waals surface area contributed by atoms with Crippen molar-refractivity contribution in [1.29, 1.82) is 0 Å². The molecule has 0 atom stereocenters. The van der Waals surface area contributed by atoms with Crippen LogP contribution in [-0.2, 0) is 33.3 Å². The number of rotatable bonds is 1. The van der Waals surface area contributed by atoms with Gasteiger partial charge in [-0.25, -0.2) is 0 Å². The molecular weight excluding hydrogens is 356 g/mol. The first-order valence-electron chi connectivity index (χ1n) is 9.18. The largest absolute Gasteiger partial charge is 0.399 e. The molecule has 6 heteroatoms. The monoisotopic (exact) mass is 380 g/mol. The summed E-state index contributed by atoms with van der Waals surface area (Å²) in [5.41, 5.74) is 9.57. The minimum absolute atomic E-state index is 0.0549. The number of hydrogen-bond acceptors (Lipinski definition) is 5. The van der Waals surface area contributed by atoms with Gasteiger partial charge in [0.15, 0.2) is 0 Å². The third-order valence-corrected chi connectivity index (χ3v) is 5.87. The van der Waals surface area contributed by atoms with E-state index in [0.29, 0.717) is 12.8 Å². The Morgan fingerprint density at radius 2 is 1.32 bits per heavy atom. The number of carbonyl (C=O) groups is 2. The van der Waals surface area contributed by atoms with E-state index in [1.54, 1.807) is 6.07 Å². The zero-order valence-corrected chi connectivity index (χ0v) is 16.5. The number of carbonyl (C=O) groups excluding carboxylic acids is 2. The molecule has 0 saturated heterocycles. The minimum atomic E-state index is -0.496. The maximum Gasteiger partial charge on any atom is 0.269 e. The summed E-state index contributed by atoms with van der Waals surface area (Å²) in [4.78, 5) is 33.4. The number of ketones is 2. The fourth-order valence-corrected chi connectivity index (χ4v) is 3.91. The Labute approximate surface area is 163 Å². The molecule has 0 radical (unpaired) electrons. The highest BCUT2D eigenvalue weighted by Crippen LogP contribution is 2.37. The predicted molar refractivity (Wildman–Crippen MR) is 107 cm³/mol. The molecule has 0 saturated carbocycles. The van der Waals surface area contributed by atoms with Crippen LogP contribution in [0, 0.1) is 10.1 Å². The first-order valence-corrected chi connectivity index (χ1v) is 9.18. The van der Waals surface area contributed by atoms with Gasteiger partial charge in [0.25, 0.3) is 5.69 Å². The van der Waals surface area contributed by atoms with E-state index < -0.39 is 10.3 Å². The summed E-state index contributed by atoms with van der Waals surface area (Å²) < 4.78 is 0. The van der Waals surface area contributed by atoms with E-state index in [2.05, 4.69) is 0 Å². The lowest BCUT2D eigenvalue weighted by Crippen LogP contribution is -2.23. The molecule has 0 fully saturated rings. The molecule has 0 spiro atoms. The highest BCUT2D eigenvalue weighted by molar-refractivity contribution is 5.96. The van der Waals surface area contributed by atoms with Crippen LogP contribution < -0.4 is 5.73 Å². The van der Waals surface area contributed by atoms with E-state index in [1.165, 1.54) is 12.1 Å². The first-order chi connectivity index (χ1) is 12.9. The van der Waals surface area contributed by atoms with Crippen LogP contribution >= 0.6 is 0 Å². The van der Waals surface area contributed by atoms with Crippen LogP contribution in [0.3, 0.4) is 0 Å². The molecule has 2 aromatic carbocycles. The van der Waals surface area contributed by atoms with Crippen molar-refractivity contribution in [2.24, 2.45) is 0 Å². The normalized spacial score (nSPS) is 18.1. The number of hydrogen-bond donors (Lipinski definition) is 1. The lowest BCUT2D eigenvalue weighted by molar-refractivity contribution is -0.384. The van der Waals surface area contributed by atoms with Crippen molar-refractivity contribution in [3.8, 4) is 0 Å². The van der Waals surface area contributed by atoms with E-state index >= 15 is 0 Å². The smallest absolute Gasteiger partial charge is 0.269 e. The number of nitro benzene ring substituents is 1. The number of non-ortho nitro benzene ring substituents is 1. The Bertz CT molecular complexity index is 1010. The third kappa shape index (κ3) is 3.19. The van der Waals surface area contributed by atoms with Crippen LogP contribution in [0.2, 0.25) is 0 Å². The second-order valence-electron chi connectivity index (χ2n) is 8.47. The van der Waals surface area contributed by atoms with Gasteiger partial charge >= 0.3 is 0 Å². The number of benzene rings is 2. The molecule has 0 aliphatic heterocycles. The molecule has 4 rings (SSSR count). The van der Waals surface area contributed by atoms with Crippen molar-refractivity contribution >= 4 is 22.9 Å². The van der Waals surface area contributed by atoms with E-state index in [-0.39, 0.29) is 22.7 Å². The molecule has 0 bridgehead atoms. The van der Waals surface area contributed by atoms with Gasteiger partial charge in [0, 0.05) is 41.5 Å². The SMILES string of the molecule is CC1(C)C(=O)Cc2cc(N)ccc21.CC1(C)C(=O)Cc2cc([N+](=O)[O-])ccc21. The first kappa shape index (κ1) is 19.7. The van der Waals surface area contributed by atoms with Gasteiger partial charge in [-0.1, -0.05) is 12.1 Å². The molecule has 6 nitrogen and oxygen atoms in total. The van der Waals surface area contributed by atoms with Gasteiger partial charge < -0.3 is 5.73 Å². The quantitative estimate of drug-likeness (QED) is 0.462. The summed E-state index contributed by atoms with van der Waals surface area (Å²) in [6, 6.07) is 10.4. The fourth-order valence-electron chi connectivity index (χ4n) is 3.91. The Morgan fingerprint density at radius 3 is 1.82 bits per heavy atom. The number of nitrogens with two attached hydrogens (primary N) is 1. The van der Waals surface area contributed by atoms with E-state index in [1.807, 2.05) is 45.9 Å². The maximum absolute atomic E-state index is 11.7. The molecule has 0 unspecified atom stereocenters. The topological polar surface area (TPSA) is 103 Å². The Kier molecular flexibility index (Phi) is 4.61. The summed E-state index contributed by atoms with van der Waals surface area (Å²) in [6.45, 7) is 7.65. The third-order valence-electron chi connectivity index (χ3n) is 5.87. The van der Waals surface area contributed by atoms with Crippen LogP contribution in [0.15, 0.2) is 36.4 Å². The van der Waals surface area contributed by atoms with Gasteiger partial charge in [0.05, 0.1) is 4.92 Å². The van der Waals surface area contributed by atoms with Crippen molar-refractivity contribution in [2.45, 2.75) is 51.4 Å². The van der Waals surface area contributed by atoms with Crippen LogP contribution in [0.4, 0.5) is 11.4 Å². The lowest BCUT2D eigenvalue weighted by Gasteiger charge is -2.16. The van der Waals surface area contributed by atoms with Crippen LogP contribution in [0.25, 0.3) is 0 Å². The summed E-state index contributed by atoms with van der Waals surface area (Å²) >= 11 is 0. The Balaban J connectivity index is 0.000000162. The summed E-state index contributed by atoms with van der Waals surface area (Å²) in [7, 11) is 0. The molecule has 0 amide bonds. The molecule has 146 valence electrons. The number of fused-ring (bicyclic) bond motifs is 2. The lowest BCUT2D eigenvalue weighted by atomic mass is 9.86. The molecular formula is C22H24N2O4. The standard InChI is InChI=1S/C11H11NO3.C11H13NO/c1-11(2)9-4-3-8(12(14)15)5-7(9)6-10(11)13;1-11(2)9-4-3-8(12)5-7(9)6-10(11)13/h3-5H,6H2,1-2H3;3-5H,6,12H2,1-2H3. The number of nitrogen functional groups attached to an aromatic ring is 1. The molecule has 2 N–H and O–H groups in total. The van der Waals surface area contributed by atoms with Gasteiger partial charge in [0.2, 0.25) is 0 Å². The van der Waals surface area contributed by atoms with Crippen molar-refractivity contribution < 1.29 is 14.5 Å². The number of nitrogens with zero attached hydrogens (tertiary/aromatic N) is 1. The van der Waals surface area contributed by atoms with Crippen LogP contribution in [0.1, 0.15) is 49.9 Å². The summed E-state index contributed by atoms with van der Waals surface area (Å²) in [6.07, 6.45) is 0.845. The molecule has 2 aromatic rings. The second kappa shape index (κ2) is 6.55. The Morgan fingerprint density at radius 1 is 0.857 bits per heavy atom. The van der Waals surface area contributed by atoms with E-state index in [0.717, 1.165) is 27.9 Å². The summed E-state index contributed by atoms with van der Waals surface area (Å²) in [5, 5.41) is 10.6. The fraction of sp³-hybridized carbons (Fsp3) is 0.364. The molecule has 2 aliphatic carbocycles. The zero-order chi connectivity index (χ0) is 20.9. The van der Waals surface area contributed by atoms with Gasteiger partial charge in [-0.15, -0.1) is 0 Å². The van der Waals surface area contributed by atoms with Gasteiger partial charge in [-0.2, -0.15) is 0 Å². The number of nitro groups is 1. The van der Waals surface area contributed by atoms with Crippen molar-refractivity contribution in [2.75, 3.05) is 5.73 Å². The number of anilines is 1. The van der Waals surface area contributed by atoms with Crippen LogP contribution in [0.5, 0.6) is 0 Å². The second-order valence-corrected chi connectivity index (χ2v) is 8.47. The molecule has 2 aliphatic rings. The Hall–Kier alpha value is -3.02. The zero-order valence-electron chi connectivity index (χ0n) is 16.5. The highest BCUT2D eigenvalue weighted by atomic mass is 16.6. The van der Waals surface area contributed by atoms with Crippen molar-refractivity contribution in [3.63, 3.8) is 0 Å². The predicted octanol–water partition coefficient (Wildman–Crippen LogP) is 3.67.